The molecule has 0 aromatic heterocycles. The van der Waals surface area contributed by atoms with Crippen molar-refractivity contribution in [2.75, 3.05) is 19.8 Å². The monoisotopic (exact) mass is 236 g/mol. The minimum Gasteiger partial charge on any atom is -0.493 e. The van der Waals surface area contributed by atoms with Crippen LogP contribution in [0.25, 0.3) is 0 Å². The van der Waals surface area contributed by atoms with E-state index >= 15 is 0 Å². The molecule has 17 heavy (non-hydrogen) atoms. The molecule has 94 valence electrons. The Balaban J connectivity index is 2.23. The molecule has 1 heterocycles. The van der Waals surface area contributed by atoms with Gasteiger partial charge >= 0.3 is 0 Å². The van der Waals surface area contributed by atoms with Crippen LogP contribution >= 0.6 is 0 Å². The molecular formula is C13H20N2O2. The standard InChI is InChI=1S/C13H20N2O2/c1-2-16-9-12(15-14)11-7-3-5-10-6-4-8-17-13(10)11/h3,5,7,12,15H,2,4,6,8-9,14H2,1H3. The van der Waals surface area contributed by atoms with Crippen LogP contribution in [0.2, 0.25) is 0 Å². The van der Waals surface area contributed by atoms with Gasteiger partial charge in [0.2, 0.25) is 0 Å². The van der Waals surface area contributed by atoms with E-state index in [1.807, 2.05) is 13.0 Å². The van der Waals surface area contributed by atoms with Gasteiger partial charge in [0.15, 0.2) is 0 Å². The Bertz CT molecular complexity index is 368. The molecule has 4 nitrogen and oxygen atoms in total. The summed E-state index contributed by atoms with van der Waals surface area (Å²) in [6.07, 6.45) is 2.16. The van der Waals surface area contributed by atoms with Gasteiger partial charge < -0.3 is 9.47 Å². The second-order valence-electron chi connectivity index (χ2n) is 4.17. The highest BCUT2D eigenvalue weighted by Crippen LogP contribution is 2.32. The summed E-state index contributed by atoms with van der Waals surface area (Å²) < 4.78 is 11.2. The lowest BCUT2D eigenvalue weighted by Crippen LogP contribution is -2.32. The third kappa shape index (κ3) is 2.77. The Morgan fingerprint density at radius 2 is 2.41 bits per heavy atom. The molecule has 0 saturated carbocycles. The van der Waals surface area contributed by atoms with Gasteiger partial charge in [-0.05, 0) is 25.3 Å². The second-order valence-corrected chi connectivity index (χ2v) is 4.17. The van der Waals surface area contributed by atoms with Crippen LogP contribution in [0.5, 0.6) is 5.75 Å². The van der Waals surface area contributed by atoms with Crippen LogP contribution in [0, 0.1) is 0 Å². The third-order valence-electron chi connectivity index (χ3n) is 3.03. The van der Waals surface area contributed by atoms with E-state index in [1.54, 1.807) is 0 Å². The summed E-state index contributed by atoms with van der Waals surface area (Å²) in [7, 11) is 0. The molecule has 0 spiro atoms. The summed E-state index contributed by atoms with van der Waals surface area (Å²) in [6.45, 7) is 4.02. The maximum atomic E-state index is 5.77. The lowest BCUT2D eigenvalue weighted by Gasteiger charge is -2.24. The first-order chi connectivity index (χ1) is 8.36. The number of fused-ring (bicyclic) bond motifs is 1. The van der Waals surface area contributed by atoms with Crippen LogP contribution in [-0.2, 0) is 11.2 Å². The second kappa shape index (κ2) is 6.00. The van der Waals surface area contributed by atoms with Crippen molar-refractivity contribution in [3.63, 3.8) is 0 Å². The number of para-hydroxylation sites is 1. The van der Waals surface area contributed by atoms with Gasteiger partial charge in [-0.1, -0.05) is 18.2 Å². The van der Waals surface area contributed by atoms with Gasteiger partial charge in [0.1, 0.15) is 5.75 Å². The molecule has 0 bridgehead atoms. The molecule has 4 heteroatoms. The van der Waals surface area contributed by atoms with Gasteiger partial charge in [0.25, 0.3) is 0 Å². The van der Waals surface area contributed by atoms with E-state index in [-0.39, 0.29) is 6.04 Å². The molecule has 1 aliphatic heterocycles. The lowest BCUT2D eigenvalue weighted by atomic mass is 9.98. The molecular weight excluding hydrogens is 216 g/mol. The van der Waals surface area contributed by atoms with Crippen LogP contribution < -0.4 is 16.0 Å². The quantitative estimate of drug-likeness (QED) is 0.601. The zero-order valence-electron chi connectivity index (χ0n) is 10.2. The van der Waals surface area contributed by atoms with Crippen LogP contribution in [-0.4, -0.2) is 19.8 Å². The van der Waals surface area contributed by atoms with Crippen LogP contribution in [0.1, 0.15) is 30.5 Å². The summed E-state index contributed by atoms with van der Waals surface area (Å²) in [5, 5.41) is 0. The summed E-state index contributed by atoms with van der Waals surface area (Å²) in [4.78, 5) is 0. The van der Waals surface area contributed by atoms with Crippen molar-refractivity contribution < 1.29 is 9.47 Å². The lowest BCUT2D eigenvalue weighted by molar-refractivity contribution is 0.121. The molecule has 1 unspecified atom stereocenters. The van der Waals surface area contributed by atoms with Crippen molar-refractivity contribution in [2.45, 2.75) is 25.8 Å². The highest BCUT2D eigenvalue weighted by Gasteiger charge is 2.20. The molecule has 1 aromatic carbocycles. The third-order valence-corrected chi connectivity index (χ3v) is 3.03. The molecule has 1 aromatic rings. The minimum absolute atomic E-state index is 0.0111. The molecule has 0 fully saturated rings. The maximum absolute atomic E-state index is 5.77. The van der Waals surface area contributed by atoms with Crippen molar-refractivity contribution in [1.29, 1.82) is 0 Å². The average molecular weight is 236 g/mol. The van der Waals surface area contributed by atoms with E-state index in [0.717, 1.165) is 30.8 Å². The summed E-state index contributed by atoms with van der Waals surface area (Å²) in [5.41, 5.74) is 5.16. The number of hydrogen-bond donors (Lipinski definition) is 2. The van der Waals surface area contributed by atoms with Crippen molar-refractivity contribution in [1.82, 2.24) is 5.43 Å². The van der Waals surface area contributed by atoms with E-state index in [1.165, 1.54) is 5.56 Å². The van der Waals surface area contributed by atoms with Gasteiger partial charge in [0.05, 0.1) is 19.3 Å². The minimum atomic E-state index is -0.0111. The number of hydrazine groups is 1. The van der Waals surface area contributed by atoms with Crippen molar-refractivity contribution in [3.05, 3.63) is 29.3 Å². The fraction of sp³-hybridized carbons (Fsp3) is 0.538. The van der Waals surface area contributed by atoms with Crippen molar-refractivity contribution in [3.8, 4) is 5.75 Å². The first-order valence-corrected chi connectivity index (χ1v) is 6.15. The van der Waals surface area contributed by atoms with E-state index in [9.17, 15) is 0 Å². The Hall–Kier alpha value is -1.10. The smallest absolute Gasteiger partial charge is 0.127 e. The van der Waals surface area contributed by atoms with E-state index in [0.29, 0.717) is 13.2 Å². The predicted octanol–water partition coefficient (Wildman–Crippen LogP) is 1.55. The fourth-order valence-electron chi connectivity index (χ4n) is 2.15. The largest absolute Gasteiger partial charge is 0.493 e. The Morgan fingerprint density at radius 3 is 3.18 bits per heavy atom. The number of rotatable bonds is 5. The Morgan fingerprint density at radius 1 is 1.53 bits per heavy atom. The van der Waals surface area contributed by atoms with E-state index in [2.05, 4.69) is 17.6 Å². The first kappa shape index (κ1) is 12.4. The van der Waals surface area contributed by atoms with Crippen molar-refractivity contribution >= 4 is 0 Å². The molecule has 0 amide bonds. The molecule has 1 atom stereocenters. The fourth-order valence-corrected chi connectivity index (χ4v) is 2.15. The zero-order chi connectivity index (χ0) is 12.1. The summed E-state index contributed by atoms with van der Waals surface area (Å²) in [6, 6.07) is 6.21. The molecule has 1 aliphatic rings. The highest BCUT2D eigenvalue weighted by atomic mass is 16.5. The number of aryl methyl sites for hydroxylation is 1. The zero-order valence-corrected chi connectivity index (χ0v) is 10.2. The molecule has 3 N–H and O–H groups in total. The SMILES string of the molecule is CCOCC(NN)c1cccc2c1OCCC2. The molecule has 0 radical (unpaired) electrons. The van der Waals surface area contributed by atoms with E-state index in [4.69, 9.17) is 15.3 Å². The van der Waals surface area contributed by atoms with Gasteiger partial charge in [-0.25, -0.2) is 0 Å². The molecule has 0 saturated heterocycles. The molecule has 2 rings (SSSR count). The molecule has 0 aliphatic carbocycles. The van der Waals surface area contributed by atoms with Crippen LogP contribution in [0.15, 0.2) is 18.2 Å². The van der Waals surface area contributed by atoms with Gasteiger partial charge in [-0.3, -0.25) is 11.3 Å². The van der Waals surface area contributed by atoms with E-state index < -0.39 is 0 Å². The number of benzene rings is 1. The van der Waals surface area contributed by atoms with Gasteiger partial charge in [0, 0.05) is 12.2 Å². The Kier molecular flexibility index (Phi) is 4.36. The first-order valence-electron chi connectivity index (χ1n) is 6.15. The van der Waals surface area contributed by atoms with Gasteiger partial charge in [-0.2, -0.15) is 0 Å². The topological polar surface area (TPSA) is 56.5 Å². The number of nitrogens with one attached hydrogen (secondary N) is 1. The Labute approximate surface area is 102 Å². The van der Waals surface area contributed by atoms with Crippen LogP contribution in [0.3, 0.4) is 0 Å². The van der Waals surface area contributed by atoms with Crippen molar-refractivity contribution in [2.24, 2.45) is 5.84 Å². The normalized spacial score (nSPS) is 16.1. The highest BCUT2D eigenvalue weighted by molar-refractivity contribution is 5.44. The summed E-state index contributed by atoms with van der Waals surface area (Å²) >= 11 is 0. The predicted molar refractivity (Wildman–Crippen MR) is 66.8 cm³/mol. The number of nitrogens with two attached hydrogens (primary N) is 1. The van der Waals surface area contributed by atoms with Crippen LogP contribution in [0.4, 0.5) is 0 Å². The number of ether oxygens (including phenoxy) is 2. The summed E-state index contributed by atoms with van der Waals surface area (Å²) in [5.74, 6) is 6.58. The van der Waals surface area contributed by atoms with Gasteiger partial charge in [-0.15, -0.1) is 0 Å². The number of hydrogen-bond acceptors (Lipinski definition) is 4. The maximum Gasteiger partial charge on any atom is 0.127 e. The average Bonchev–Trinajstić information content (AvgIpc) is 2.40.